The van der Waals surface area contributed by atoms with Crippen LogP contribution in [0.2, 0.25) is 0 Å². The summed E-state index contributed by atoms with van der Waals surface area (Å²) in [6.45, 7) is 9.50. The average Bonchev–Trinajstić information content (AvgIpc) is 2.75. The SMILES string of the molecule is CCN(CC)C(=O)CN(CCC(=O)O)c1nc(C)c(C)s1. The summed E-state index contributed by atoms with van der Waals surface area (Å²) in [5, 5.41) is 9.58. The maximum Gasteiger partial charge on any atom is 0.305 e. The molecule has 0 saturated heterocycles. The highest BCUT2D eigenvalue weighted by Gasteiger charge is 2.19. The topological polar surface area (TPSA) is 73.7 Å². The molecule has 0 fully saturated rings. The maximum absolute atomic E-state index is 12.2. The summed E-state index contributed by atoms with van der Waals surface area (Å²) in [5.74, 6) is -0.879. The third-order valence-electron chi connectivity index (χ3n) is 3.33. The summed E-state index contributed by atoms with van der Waals surface area (Å²) in [7, 11) is 0. The molecule has 0 spiro atoms. The number of amides is 1. The highest BCUT2D eigenvalue weighted by atomic mass is 32.1. The van der Waals surface area contributed by atoms with E-state index in [0.29, 0.717) is 18.2 Å². The van der Waals surface area contributed by atoms with Gasteiger partial charge in [0.05, 0.1) is 18.7 Å². The van der Waals surface area contributed by atoms with Crippen molar-refractivity contribution < 1.29 is 14.7 Å². The summed E-state index contributed by atoms with van der Waals surface area (Å²) in [6.07, 6.45) is -0.0107. The molecule has 0 aliphatic carbocycles. The van der Waals surface area contributed by atoms with Crippen LogP contribution in [0, 0.1) is 13.8 Å². The number of hydrogen-bond donors (Lipinski definition) is 1. The third-order valence-corrected chi connectivity index (χ3v) is 4.46. The van der Waals surface area contributed by atoms with Crippen LogP contribution in [0.25, 0.3) is 0 Å². The van der Waals surface area contributed by atoms with Crippen LogP contribution in [0.4, 0.5) is 5.13 Å². The minimum absolute atomic E-state index is 0.00380. The molecule has 6 nitrogen and oxygen atoms in total. The van der Waals surface area contributed by atoms with E-state index in [1.165, 1.54) is 11.3 Å². The zero-order valence-corrected chi connectivity index (χ0v) is 13.9. The Bertz CT molecular complexity index is 478. The van der Waals surface area contributed by atoms with Gasteiger partial charge in [0, 0.05) is 24.5 Å². The zero-order valence-electron chi connectivity index (χ0n) is 13.0. The van der Waals surface area contributed by atoms with Crippen LogP contribution < -0.4 is 4.90 Å². The number of carboxylic acids is 1. The largest absolute Gasteiger partial charge is 0.481 e. The van der Waals surface area contributed by atoms with E-state index in [9.17, 15) is 9.59 Å². The van der Waals surface area contributed by atoms with Crippen molar-refractivity contribution >= 4 is 28.3 Å². The molecule has 0 unspecified atom stereocenters. The molecule has 0 bridgehead atoms. The van der Waals surface area contributed by atoms with Gasteiger partial charge in [-0.25, -0.2) is 4.98 Å². The molecule has 0 aliphatic heterocycles. The molecule has 0 aromatic carbocycles. The van der Waals surface area contributed by atoms with Crippen molar-refractivity contribution in [3.8, 4) is 0 Å². The number of rotatable bonds is 8. The fourth-order valence-electron chi connectivity index (χ4n) is 1.90. The fourth-order valence-corrected chi connectivity index (χ4v) is 2.84. The van der Waals surface area contributed by atoms with Crippen molar-refractivity contribution in [2.24, 2.45) is 0 Å². The first-order valence-electron chi connectivity index (χ1n) is 7.07. The first-order valence-corrected chi connectivity index (χ1v) is 7.89. The van der Waals surface area contributed by atoms with E-state index < -0.39 is 5.97 Å². The molecule has 1 amide bonds. The van der Waals surface area contributed by atoms with Gasteiger partial charge in [-0.1, -0.05) is 0 Å². The van der Waals surface area contributed by atoms with Crippen molar-refractivity contribution in [1.29, 1.82) is 0 Å². The van der Waals surface area contributed by atoms with E-state index in [2.05, 4.69) is 4.98 Å². The normalized spacial score (nSPS) is 10.5. The molecule has 1 heterocycles. The van der Waals surface area contributed by atoms with Gasteiger partial charge in [0.15, 0.2) is 5.13 Å². The quantitative estimate of drug-likeness (QED) is 0.793. The standard InChI is InChI=1S/C14H23N3O3S/c1-5-16(6-2)12(18)9-17(8-7-13(19)20)14-15-10(3)11(4)21-14/h5-9H2,1-4H3,(H,19,20). The number of aryl methyl sites for hydroxylation is 2. The molecule has 0 saturated carbocycles. The van der Waals surface area contributed by atoms with E-state index in [1.807, 2.05) is 27.7 Å². The molecule has 21 heavy (non-hydrogen) atoms. The van der Waals surface area contributed by atoms with Crippen molar-refractivity contribution in [3.63, 3.8) is 0 Å². The van der Waals surface area contributed by atoms with Gasteiger partial charge in [0.25, 0.3) is 0 Å². The van der Waals surface area contributed by atoms with E-state index in [0.717, 1.165) is 10.6 Å². The molecular weight excluding hydrogens is 290 g/mol. The van der Waals surface area contributed by atoms with E-state index in [4.69, 9.17) is 5.11 Å². The second-order valence-corrected chi connectivity index (χ2v) is 5.95. The van der Waals surface area contributed by atoms with Crippen molar-refractivity contribution in [3.05, 3.63) is 10.6 Å². The van der Waals surface area contributed by atoms with Gasteiger partial charge < -0.3 is 14.9 Å². The molecule has 1 aromatic rings. The number of thiazole rings is 1. The van der Waals surface area contributed by atoms with Gasteiger partial charge in [-0.2, -0.15) is 0 Å². The van der Waals surface area contributed by atoms with Crippen molar-refractivity contribution in [2.75, 3.05) is 31.1 Å². The molecular formula is C14H23N3O3S. The Kier molecular flexibility index (Phi) is 6.61. The summed E-state index contributed by atoms with van der Waals surface area (Å²) < 4.78 is 0. The van der Waals surface area contributed by atoms with Gasteiger partial charge in [0.2, 0.25) is 5.91 Å². The number of aromatic nitrogens is 1. The van der Waals surface area contributed by atoms with Crippen LogP contribution in [0.5, 0.6) is 0 Å². The lowest BCUT2D eigenvalue weighted by molar-refractivity contribution is -0.137. The Hall–Kier alpha value is -1.63. The van der Waals surface area contributed by atoms with Crippen molar-refractivity contribution in [2.45, 2.75) is 34.1 Å². The minimum atomic E-state index is -0.875. The predicted octanol–water partition coefficient (Wildman–Crippen LogP) is 1.91. The number of nitrogens with zero attached hydrogens (tertiary/aromatic N) is 3. The number of carbonyl (C=O) groups excluding carboxylic acids is 1. The number of carboxylic acid groups (broad SMARTS) is 1. The first-order chi connectivity index (χ1) is 9.88. The minimum Gasteiger partial charge on any atom is -0.481 e. The van der Waals surface area contributed by atoms with Gasteiger partial charge in [-0.05, 0) is 27.7 Å². The summed E-state index contributed by atoms with van der Waals surface area (Å²) in [4.78, 5) is 32.1. The second kappa shape index (κ2) is 7.97. The molecule has 0 radical (unpaired) electrons. The first kappa shape index (κ1) is 17.4. The highest BCUT2D eigenvalue weighted by Crippen LogP contribution is 2.25. The molecule has 1 rings (SSSR count). The Morgan fingerprint density at radius 2 is 1.86 bits per heavy atom. The number of carbonyl (C=O) groups is 2. The van der Waals surface area contributed by atoms with Crippen LogP contribution >= 0.6 is 11.3 Å². The Morgan fingerprint density at radius 1 is 1.24 bits per heavy atom. The molecule has 0 aliphatic rings. The van der Waals surface area contributed by atoms with E-state index in [1.54, 1.807) is 9.80 Å². The van der Waals surface area contributed by atoms with E-state index >= 15 is 0 Å². The highest BCUT2D eigenvalue weighted by molar-refractivity contribution is 7.15. The Labute approximate surface area is 129 Å². The maximum atomic E-state index is 12.2. The average molecular weight is 313 g/mol. The van der Waals surface area contributed by atoms with Crippen LogP contribution in [-0.4, -0.2) is 53.0 Å². The van der Waals surface area contributed by atoms with Gasteiger partial charge in [-0.15, -0.1) is 11.3 Å². The lowest BCUT2D eigenvalue weighted by atomic mass is 10.3. The molecule has 118 valence electrons. The number of aliphatic carboxylic acids is 1. The molecule has 0 atom stereocenters. The van der Waals surface area contributed by atoms with Crippen molar-refractivity contribution in [1.82, 2.24) is 9.88 Å². The summed E-state index contributed by atoms with van der Waals surface area (Å²) in [5.41, 5.74) is 0.922. The fraction of sp³-hybridized carbons (Fsp3) is 0.643. The zero-order chi connectivity index (χ0) is 16.0. The smallest absolute Gasteiger partial charge is 0.305 e. The monoisotopic (exact) mass is 313 g/mol. The van der Waals surface area contributed by atoms with Gasteiger partial charge in [-0.3, -0.25) is 9.59 Å². The summed E-state index contributed by atoms with van der Waals surface area (Å²) >= 11 is 1.49. The molecule has 1 aromatic heterocycles. The van der Waals surface area contributed by atoms with Gasteiger partial charge >= 0.3 is 5.97 Å². The predicted molar refractivity (Wildman–Crippen MR) is 84.0 cm³/mol. The number of hydrogen-bond acceptors (Lipinski definition) is 5. The third kappa shape index (κ3) is 5.00. The summed E-state index contributed by atoms with van der Waals surface area (Å²) in [6, 6.07) is 0. The molecule has 7 heteroatoms. The van der Waals surface area contributed by atoms with Gasteiger partial charge in [0.1, 0.15) is 0 Å². The number of likely N-dealkylation sites (N-methyl/N-ethyl adjacent to an activating group) is 1. The van der Waals surface area contributed by atoms with Crippen LogP contribution in [0.3, 0.4) is 0 Å². The van der Waals surface area contributed by atoms with Crippen LogP contribution in [0.15, 0.2) is 0 Å². The lowest BCUT2D eigenvalue weighted by Crippen LogP contribution is -2.41. The second-order valence-electron chi connectivity index (χ2n) is 4.77. The van der Waals surface area contributed by atoms with E-state index in [-0.39, 0.29) is 25.4 Å². The van der Waals surface area contributed by atoms with Crippen LogP contribution in [-0.2, 0) is 9.59 Å². The van der Waals surface area contributed by atoms with Crippen LogP contribution in [0.1, 0.15) is 30.8 Å². The Balaban J connectivity index is 2.86. The molecule has 1 N–H and O–H groups in total. The Morgan fingerprint density at radius 3 is 2.29 bits per heavy atom. The lowest BCUT2D eigenvalue weighted by Gasteiger charge is -2.25. The number of anilines is 1.